The van der Waals surface area contributed by atoms with Crippen molar-refractivity contribution in [3.05, 3.63) is 52.8 Å². The number of aromatic nitrogens is 2. The van der Waals surface area contributed by atoms with E-state index in [4.69, 9.17) is 4.74 Å². The van der Waals surface area contributed by atoms with E-state index in [2.05, 4.69) is 5.10 Å². The lowest BCUT2D eigenvalue weighted by molar-refractivity contribution is -0.149. The van der Waals surface area contributed by atoms with E-state index in [1.807, 2.05) is 30.3 Å². The van der Waals surface area contributed by atoms with Crippen molar-refractivity contribution in [2.24, 2.45) is 11.8 Å². The molecule has 9 heteroatoms. The molecule has 4 rings (SSSR count). The summed E-state index contributed by atoms with van der Waals surface area (Å²) in [5.74, 6) is -0.134. The number of benzene rings is 1. The number of hydrogen-bond donors (Lipinski definition) is 0. The summed E-state index contributed by atoms with van der Waals surface area (Å²) in [6, 6.07) is 9.22. The number of rotatable bonds is 6. The molecule has 0 bridgehead atoms. The molecule has 1 aromatic carbocycles. The molecule has 1 amide bonds. The summed E-state index contributed by atoms with van der Waals surface area (Å²) in [6.45, 7) is 2.76. The zero-order valence-corrected chi connectivity index (χ0v) is 19.3. The van der Waals surface area contributed by atoms with Gasteiger partial charge in [-0.05, 0) is 50.5 Å². The molecule has 6 nitrogen and oxygen atoms in total. The molecule has 1 aliphatic carbocycles. The number of esters is 1. The first kappa shape index (κ1) is 24.3. The predicted molar refractivity (Wildman–Crippen MR) is 119 cm³/mol. The standard InChI is InChI=1S/C25H30F3N3O3/c1-2-34-24(33)19-10-8-17(9-11-19)14-22(32)30-13-12-20-21(16-30)31(29-23(20)25(26,27)28)15-18-6-4-3-5-7-18/h3-7,17,19H,2,8-16H2,1H3. The second-order valence-electron chi connectivity index (χ2n) is 9.15. The molecular formula is C25H30F3N3O3. The second-order valence-corrected chi connectivity index (χ2v) is 9.15. The van der Waals surface area contributed by atoms with E-state index in [1.54, 1.807) is 11.8 Å². The number of ether oxygens (including phenoxy) is 1. The largest absolute Gasteiger partial charge is 0.466 e. The van der Waals surface area contributed by atoms with Gasteiger partial charge in [-0.3, -0.25) is 14.3 Å². The van der Waals surface area contributed by atoms with E-state index in [1.165, 1.54) is 4.68 Å². The van der Waals surface area contributed by atoms with Crippen molar-refractivity contribution in [2.45, 2.75) is 64.7 Å². The average Bonchev–Trinajstić information content (AvgIpc) is 3.18. The fourth-order valence-electron chi connectivity index (χ4n) is 5.05. The van der Waals surface area contributed by atoms with Crippen molar-refractivity contribution in [3.63, 3.8) is 0 Å². The highest BCUT2D eigenvalue weighted by Crippen LogP contribution is 2.36. The van der Waals surface area contributed by atoms with Crippen molar-refractivity contribution < 1.29 is 27.5 Å². The van der Waals surface area contributed by atoms with Gasteiger partial charge >= 0.3 is 12.1 Å². The van der Waals surface area contributed by atoms with Crippen molar-refractivity contribution >= 4 is 11.9 Å². The molecule has 0 spiro atoms. The third-order valence-electron chi connectivity index (χ3n) is 6.87. The van der Waals surface area contributed by atoms with Crippen LogP contribution >= 0.6 is 0 Å². The van der Waals surface area contributed by atoms with Crippen LogP contribution in [0.5, 0.6) is 0 Å². The Morgan fingerprint density at radius 3 is 2.47 bits per heavy atom. The molecule has 34 heavy (non-hydrogen) atoms. The van der Waals surface area contributed by atoms with Gasteiger partial charge in [-0.2, -0.15) is 18.3 Å². The minimum Gasteiger partial charge on any atom is -0.466 e. The minimum absolute atomic E-state index is 0.0498. The van der Waals surface area contributed by atoms with Crippen LogP contribution in [0, 0.1) is 11.8 Å². The number of amides is 1. The lowest BCUT2D eigenvalue weighted by atomic mass is 9.80. The third kappa shape index (κ3) is 5.45. The van der Waals surface area contributed by atoms with Crippen molar-refractivity contribution in [3.8, 4) is 0 Å². The van der Waals surface area contributed by atoms with E-state index in [-0.39, 0.29) is 55.3 Å². The lowest BCUT2D eigenvalue weighted by Gasteiger charge is -2.31. The molecule has 2 aromatic rings. The highest BCUT2D eigenvalue weighted by Gasteiger charge is 2.41. The van der Waals surface area contributed by atoms with Gasteiger partial charge in [0.1, 0.15) is 0 Å². The molecule has 0 atom stereocenters. The molecule has 0 radical (unpaired) electrons. The molecule has 2 heterocycles. The summed E-state index contributed by atoms with van der Waals surface area (Å²) in [4.78, 5) is 26.6. The minimum atomic E-state index is -4.53. The summed E-state index contributed by atoms with van der Waals surface area (Å²) in [5.41, 5.74) is 0.662. The number of carbonyl (C=O) groups excluding carboxylic acids is 2. The Bertz CT molecular complexity index is 1010. The highest BCUT2D eigenvalue weighted by molar-refractivity contribution is 5.77. The molecule has 1 saturated carbocycles. The monoisotopic (exact) mass is 477 g/mol. The number of fused-ring (bicyclic) bond motifs is 1. The average molecular weight is 478 g/mol. The Morgan fingerprint density at radius 1 is 1.12 bits per heavy atom. The Morgan fingerprint density at radius 2 is 1.82 bits per heavy atom. The maximum atomic E-state index is 13.6. The van der Waals surface area contributed by atoms with E-state index in [0.717, 1.165) is 18.4 Å². The highest BCUT2D eigenvalue weighted by atomic mass is 19.4. The van der Waals surface area contributed by atoms with Crippen LogP contribution in [0.4, 0.5) is 13.2 Å². The van der Waals surface area contributed by atoms with E-state index in [9.17, 15) is 22.8 Å². The van der Waals surface area contributed by atoms with Gasteiger partial charge in [-0.15, -0.1) is 0 Å². The lowest BCUT2D eigenvalue weighted by Crippen LogP contribution is -2.38. The third-order valence-corrected chi connectivity index (χ3v) is 6.87. The van der Waals surface area contributed by atoms with Crippen LogP contribution in [0.25, 0.3) is 0 Å². The van der Waals surface area contributed by atoms with Crippen LogP contribution in [0.3, 0.4) is 0 Å². The van der Waals surface area contributed by atoms with Crippen LogP contribution in [-0.2, 0) is 40.0 Å². The number of halogens is 3. The SMILES string of the molecule is CCOC(=O)C1CCC(CC(=O)N2CCc3c(C(F)(F)F)nn(Cc4ccccc4)c3C2)CC1. The fourth-order valence-corrected chi connectivity index (χ4v) is 5.05. The van der Waals surface area contributed by atoms with Crippen molar-refractivity contribution in [1.82, 2.24) is 14.7 Å². The summed E-state index contributed by atoms with van der Waals surface area (Å²) in [6.07, 6.45) is -1.07. The molecule has 1 fully saturated rings. The zero-order chi connectivity index (χ0) is 24.3. The summed E-state index contributed by atoms with van der Waals surface area (Å²) in [7, 11) is 0. The Balaban J connectivity index is 1.43. The van der Waals surface area contributed by atoms with Gasteiger partial charge in [0, 0.05) is 18.5 Å². The van der Waals surface area contributed by atoms with Crippen LogP contribution in [0.15, 0.2) is 30.3 Å². The van der Waals surface area contributed by atoms with Crippen LogP contribution in [0.1, 0.15) is 61.5 Å². The van der Waals surface area contributed by atoms with Crippen molar-refractivity contribution in [1.29, 1.82) is 0 Å². The molecule has 2 aliphatic rings. The van der Waals surface area contributed by atoms with Crippen LogP contribution < -0.4 is 0 Å². The van der Waals surface area contributed by atoms with E-state index in [0.29, 0.717) is 31.6 Å². The maximum Gasteiger partial charge on any atom is 0.435 e. The second kappa shape index (κ2) is 10.2. The smallest absolute Gasteiger partial charge is 0.435 e. The molecule has 1 aromatic heterocycles. The topological polar surface area (TPSA) is 64.4 Å². The Labute approximate surface area is 197 Å². The van der Waals surface area contributed by atoms with Gasteiger partial charge in [-0.1, -0.05) is 30.3 Å². The van der Waals surface area contributed by atoms with Crippen LogP contribution in [0.2, 0.25) is 0 Å². The van der Waals surface area contributed by atoms with Crippen molar-refractivity contribution in [2.75, 3.05) is 13.2 Å². The summed E-state index contributed by atoms with van der Waals surface area (Å²) < 4.78 is 47.4. The van der Waals surface area contributed by atoms with Gasteiger partial charge in [0.25, 0.3) is 0 Å². The van der Waals surface area contributed by atoms with Crippen LogP contribution in [-0.4, -0.2) is 39.7 Å². The van der Waals surface area contributed by atoms with E-state index < -0.39 is 11.9 Å². The first-order valence-corrected chi connectivity index (χ1v) is 11.9. The number of nitrogens with zero attached hydrogens (tertiary/aromatic N) is 3. The first-order chi connectivity index (χ1) is 16.3. The van der Waals surface area contributed by atoms with Gasteiger partial charge < -0.3 is 9.64 Å². The Kier molecular flexibility index (Phi) is 7.28. The van der Waals surface area contributed by atoms with Gasteiger partial charge in [-0.25, -0.2) is 0 Å². The fraction of sp³-hybridized carbons (Fsp3) is 0.560. The molecule has 184 valence electrons. The molecule has 0 N–H and O–H groups in total. The Hall–Kier alpha value is -2.84. The van der Waals surface area contributed by atoms with Gasteiger partial charge in [0.15, 0.2) is 5.69 Å². The van der Waals surface area contributed by atoms with Gasteiger partial charge in [0.05, 0.1) is 31.3 Å². The molecule has 0 unspecified atom stereocenters. The first-order valence-electron chi connectivity index (χ1n) is 11.9. The van der Waals surface area contributed by atoms with Gasteiger partial charge in [0.2, 0.25) is 5.91 Å². The number of alkyl halides is 3. The molecule has 1 aliphatic heterocycles. The normalized spacial score (nSPS) is 20.6. The summed E-state index contributed by atoms with van der Waals surface area (Å²) >= 11 is 0. The van der Waals surface area contributed by atoms with E-state index >= 15 is 0 Å². The molecule has 0 saturated heterocycles. The quantitative estimate of drug-likeness (QED) is 0.571. The maximum absolute atomic E-state index is 13.6. The summed E-state index contributed by atoms with van der Waals surface area (Å²) in [5, 5.41) is 3.92. The predicted octanol–water partition coefficient (Wildman–Crippen LogP) is 4.59. The zero-order valence-electron chi connectivity index (χ0n) is 19.3. The molecular weight excluding hydrogens is 447 g/mol. The number of carbonyl (C=O) groups is 2. The number of hydrogen-bond acceptors (Lipinski definition) is 4.